The molecule has 5 nitrogen and oxygen atoms in total. The molecule has 0 atom stereocenters. The first-order valence-corrected chi connectivity index (χ1v) is 11.0. The number of rotatable bonds is 7. The van der Waals surface area contributed by atoms with E-state index in [1.165, 1.54) is 0 Å². The molecule has 3 heterocycles. The molecule has 0 saturated heterocycles. The largest absolute Gasteiger partial charge is 0.493 e. The van der Waals surface area contributed by atoms with Crippen molar-refractivity contribution in [2.45, 2.75) is 32.6 Å². The Morgan fingerprint density at radius 1 is 0.812 bits per heavy atom. The van der Waals surface area contributed by atoms with Crippen molar-refractivity contribution in [3.8, 4) is 17.1 Å². The van der Waals surface area contributed by atoms with E-state index in [2.05, 4.69) is 19.1 Å². The first-order valence-electron chi connectivity index (χ1n) is 11.0. The van der Waals surface area contributed by atoms with Gasteiger partial charge in [0.2, 0.25) is 5.88 Å². The van der Waals surface area contributed by atoms with Crippen LogP contribution in [0.2, 0.25) is 0 Å². The Kier molecular flexibility index (Phi) is 5.46. The van der Waals surface area contributed by atoms with Crippen LogP contribution >= 0.6 is 0 Å². The SMILES string of the molecule is CCCc1ccc(Cc2nc3c(Cc4ccccc4)nc(-c4ccccc4)cn3c2O)o1. The summed E-state index contributed by atoms with van der Waals surface area (Å²) >= 11 is 0. The number of fused-ring (bicyclic) bond motifs is 1. The lowest BCUT2D eigenvalue weighted by Gasteiger charge is -2.08. The summed E-state index contributed by atoms with van der Waals surface area (Å²) in [5.41, 5.74) is 5.02. The first-order chi connectivity index (χ1) is 15.7. The van der Waals surface area contributed by atoms with Crippen LogP contribution in [0.15, 0.2) is 83.4 Å². The Balaban J connectivity index is 1.59. The lowest BCUT2D eigenvalue weighted by Crippen LogP contribution is -2.00. The maximum Gasteiger partial charge on any atom is 0.219 e. The van der Waals surface area contributed by atoms with E-state index >= 15 is 0 Å². The van der Waals surface area contributed by atoms with Gasteiger partial charge in [-0.3, -0.25) is 4.40 Å². The van der Waals surface area contributed by atoms with Crippen molar-refractivity contribution in [2.24, 2.45) is 0 Å². The Labute approximate surface area is 187 Å². The second-order valence-corrected chi connectivity index (χ2v) is 7.97. The number of imidazole rings is 1. The number of hydrogen-bond acceptors (Lipinski definition) is 4. The highest BCUT2D eigenvalue weighted by Crippen LogP contribution is 2.28. The van der Waals surface area contributed by atoms with Gasteiger partial charge < -0.3 is 9.52 Å². The predicted octanol–water partition coefficient (Wildman–Crippen LogP) is 5.83. The van der Waals surface area contributed by atoms with Crippen LogP contribution in [-0.2, 0) is 19.3 Å². The van der Waals surface area contributed by atoms with Gasteiger partial charge in [-0.15, -0.1) is 0 Å². The van der Waals surface area contributed by atoms with Crippen LogP contribution in [0.4, 0.5) is 0 Å². The van der Waals surface area contributed by atoms with Crippen LogP contribution in [0.25, 0.3) is 16.9 Å². The van der Waals surface area contributed by atoms with Gasteiger partial charge in [-0.1, -0.05) is 67.6 Å². The van der Waals surface area contributed by atoms with Crippen LogP contribution in [0, 0.1) is 0 Å². The molecule has 0 saturated carbocycles. The standard InChI is InChI=1S/C27H25N3O2/c1-2-9-21-14-15-22(32-21)17-24-27(31)30-18-25(20-12-7-4-8-13-20)28-23(26(30)29-24)16-19-10-5-3-6-11-19/h3-8,10-15,18,31H,2,9,16-17H2,1H3. The summed E-state index contributed by atoms with van der Waals surface area (Å²) in [7, 11) is 0. The molecule has 0 unspecified atom stereocenters. The Morgan fingerprint density at radius 3 is 2.28 bits per heavy atom. The van der Waals surface area contributed by atoms with E-state index in [0.29, 0.717) is 24.2 Å². The number of benzene rings is 2. The van der Waals surface area contributed by atoms with E-state index in [9.17, 15) is 5.11 Å². The predicted molar refractivity (Wildman–Crippen MR) is 125 cm³/mol. The van der Waals surface area contributed by atoms with Gasteiger partial charge in [0.25, 0.3) is 0 Å². The summed E-state index contributed by atoms with van der Waals surface area (Å²) in [6, 6.07) is 24.2. The molecule has 5 heteroatoms. The van der Waals surface area contributed by atoms with Crippen molar-refractivity contribution < 1.29 is 9.52 Å². The van der Waals surface area contributed by atoms with Gasteiger partial charge in [0.15, 0.2) is 5.65 Å². The Bertz CT molecular complexity index is 1340. The molecule has 2 aromatic carbocycles. The van der Waals surface area contributed by atoms with Crippen LogP contribution < -0.4 is 0 Å². The van der Waals surface area contributed by atoms with Gasteiger partial charge in [0.1, 0.15) is 17.2 Å². The number of aryl methyl sites for hydroxylation is 1. The minimum absolute atomic E-state index is 0.127. The second-order valence-electron chi connectivity index (χ2n) is 7.97. The van der Waals surface area contributed by atoms with E-state index in [-0.39, 0.29) is 5.88 Å². The minimum Gasteiger partial charge on any atom is -0.493 e. The highest BCUT2D eigenvalue weighted by atomic mass is 16.3. The van der Waals surface area contributed by atoms with Crippen LogP contribution in [0.3, 0.4) is 0 Å². The van der Waals surface area contributed by atoms with E-state index in [1.54, 1.807) is 4.40 Å². The molecule has 160 valence electrons. The minimum atomic E-state index is 0.127. The van der Waals surface area contributed by atoms with Crippen molar-refractivity contribution in [3.05, 3.63) is 107 Å². The van der Waals surface area contributed by atoms with E-state index < -0.39 is 0 Å². The van der Waals surface area contributed by atoms with Crippen LogP contribution in [0.5, 0.6) is 5.88 Å². The van der Waals surface area contributed by atoms with Crippen LogP contribution in [-0.4, -0.2) is 19.5 Å². The number of aromatic hydroxyl groups is 1. The molecule has 0 bridgehead atoms. The third kappa shape index (κ3) is 4.02. The summed E-state index contributed by atoms with van der Waals surface area (Å²) < 4.78 is 7.67. The van der Waals surface area contributed by atoms with Crippen LogP contribution in [0.1, 0.15) is 41.8 Å². The van der Waals surface area contributed by atoms with Gasteiger partial charge in [-0.2, -0.15) is 0 Å². The zero-order chi connectivity index (χ0) is 21.9. The molecule has 0 aliphatic heterocycles. The molecule has 0 amide bonds. The first kappa shape index (κ1) is 20.1. The second kappa shape index (κ2) is 8.71. The maximum atomic E-state index is 11.1. The van der Waals surface area contributed by atoms with Crippen molar-refractivity contribution in [2.75, 3.05) is 0 Å². The third-order valence-electron chi connectivity index (χ3n) is 5.56. The molecule has 0 spiro atoms. The topological polar surface area (TPSA) is 63.6 Å². The molecule has 5 rings (SSSR count). The molecule has 0 aliphatic rings. The van der Waals surface area contributed by atoms with Crippen molar-refractivity contribution >= 4 is 5.65 Å². The molecule has 3 aromatic heterocycles. The van der Waals surface area contributed by atoms with Gasteiger partial charge in [-0.25, -0.2) is 9.97 Å². The molecule has 0 radical (unpaired) electrons. The quantitative estimate of drug-likeness (QED) is 0.358. The molecule has 32 heavy (non-hydrogen) atoms. The number of nitrogens with zero attached hydrogens (tertiary/aromatic N) is 3. The van der Waals surface area contributed by atoms with Gasteiger partial charge >= 0.3 is 0 Å². The summed E-state index contributed by atoms with van der Waals surface area (Å²) in [5.74, 6) is 1.89. The average molecular weight is 424 g/mol. The fraction of sp³-hybridized carbons (Fsp3) is 0.185. The number of aromatic nitrogens is 3. The summed E-state index contributed by atoms with van der Waals surface area (Å²) in [6.07, 6.45) is 4.85. The normalized spacial score (nSPS) is 11.3. The summed E-state index contributed by atoms with van der Waals surface area (Å²) in [5, 5.41) is 11.1. The van der Waals surface area contributed by atoms with E-state index in [4.69, 9.17) is 14.4 Å². The third-order valence-corrected chi connectivity index (χ3v) is 5.56. The lowest BCUT2D eigenvalue weighted by molar-refractivity contribution is 0.434. The Hall–Kier alpha value is -3.86. The maximum absolute atomic E-state index is 11.1. The van der Waals surface area contributed by atoms with Crippen molar-refractivity contribution in [3.63, 3.8) is 0 Å². The van der Waals surface area contributed by atoms with E-state index in [0.717, 1.165) is 46.9 Å². The number of hydrogen-bond donors (Lipinski definition) is 1. The van der Waals surface area contributed by atoms with Gasteiger partial charge in [0, 0.05) is 24.6 Å². The highest BCUT2D eigenvalue weighted by Gasteiger charge is 2.19. The average Bonchev–Trinajstić information content (AvgIpc) is 3.40. The molecule has 0 aliphatic carbocycles. The zero-order valence-corrected chi connectivity index (χ0v) is 18.0. The molecule has 1 N–H and O–H groups in total. The van der Waals surface area contributed by atoms with Crippen molar-refractivity contribution in [1.29, 1.82) is 0 Å². The summed E-state index contributed by atoms with van der Waals surface area (Å²) in [4.78, 5) is 9.72. The molecule has 0 fully saturated rings. The molecular weight excluding hydrogens is 398 g/mol. The van der Waals surface area contributed by atoms with Gasteiger partial charge in [0.05, 0.1) is 17.8 Å². The lowest BCUT2D eigenvalue weighted by atomic mass is 10.1. The van der Waals surface area contributed by atoms with Gasteiger partial charge in [-0.05, 0) is 24.1 Å². The smallest absolute Gasteiger partial charge is 0.219 e. The van der Waals surface area contributed by atoms with Crippen molar-refractivity contribution in [1.82, 2.24) is 14.4 Å². The fourth-order valence-electron chi connectivity index (χ4n) is 3.98. The number of furan rings is 1. The zero-order valence-electron chi connectivity index (χ0n) is 18.0. The Morgan fingerprint density at radius 2 is 1.53 bits per heavy atom. The monoisotopic (exact) mass is 423 g/mol. The summed E-state index contributed by atoms with van der Waals surface area (Å²) in [6.45, 7) is 2.13. The van der Waals surface area contributed by atoms with E-state index in [1.807, 2.05) is 66.9 Å². The highest BCUT2D eigenvalue weighted by molar-refractivity contribution is 5.63. The molecule has 5 aromatic rings. The molecular formula is C27H25N3O2. The fourth-order valence-corrected chi connectivity index (χ4v) is 3.98.